The summed E-state index contributed by atoms with van der Waals surface area (Å²) in [7, 11) is 0. The average molecular weight is 353 g/mol. The third kappa shape index (κ3) is 4.36. The van der Waals surface area contributed by atoms with Gasteiger partial charge >= 0.3 is 0 Å². The Labute approximate surface area is 150 Å². The number of para-hydroxylation sites is 1. The molecular weight excluding hydrogens is 333 g/mol. The van der Waals surface area contributed by atoms with Crippen LogP contribution in [-0.4, -0.2) is 22.6 Å². The first kappa shape index (κ1) is 17.8. The van der Waals surface area contributed by atoms with Crippen LogP contribution in [0.1, 0.15) is 16.7 Å². The van der Waals surface area contributed by atoms with Crippen LogP contribution in [0.15, 0.2) is 54.7 Å². The Balaban J connectivity index is 1.54. The third-order valence-corrected chi connectivity index (χ3v) is 4.17. The Bertz CT molecular complexity index is 934. The smallest absolute Gasteiger partial charge is 0.267 e. The number of rotatable bonds is 7. The highest BCUT2D eigenvalue weighted by molar-refractivity contribution is 5.90. The van der Waals surface area contributed by atoms with E-state index in [0.29, 0.717) is 17.7 Å². The molecule has 3 rings (SSSR count). The van der Waals surface area contributed by atoms with Gasteiger partial charge in [-0.15, -0.1) is 0 Å². The maximum Gasteiger partial charge on any atom is 0.267 e. The van der Waals surface area contributed by atoms with E-state index in [9.17, 15) is 9.18 Å². The lowest BCUT2D eigenvalue weighted by Gasteiger charge is -2.08. The second-order valence-electron chi connectivity index (χ2n) is 5.95. The van der Waals surface area contributed by atoms with E-state index in [1.165, 1.54) is 28.6 Å². The Hall–Kier alpha value is -2.96. The van der Waals surface area contributed by atoms with Crippen molar-refractivity contribution in [1.29, 1.82) is 0 Å². The van der Waals surface area contributed by atoms with Crippen LogP contribution < -0.4 is 10.8 Å². The Kier molecular flexibility index (Phi) is 5.78. The van der Waals surface area contributed by atoms with Crippen LogP contribution in [-0.2, 0) is 17.8 Å². The predicted molar refractivity (Wildman–Crippen MR) is 99.1 cm³/mol. The molecule has 1 aromatic heterocycles. The van der Waals surface area contributed by atoms with E-state index in [2.05, 4.69) is 22.4 Å². The SMILES string of the molecule is O=C(/C=C/c1ccc(CNCCc2cccc3cc[nH]c23)c(F)c1)NO. The molecular formula is C20H20FN3O2. The third-order valence-electron chi connectivity index (χ3n) is 4.17. The van der Waals surface area contributed by atoms with Gasteiger partial charge in [0, 0.05) is 29.9 Å². The minimum absolute atomic E-state index is 0.337. The summed E-state index contributed by atoms with van der Waals surface area (Å²) < 4.78 is 14.1. The summed E-state index contributed by atoms with van der Waals surface area (Å²) in [5.74, 6) is -0.997. The number of halogens is 1. The van der Waals surface area contributed by atoms with Gasteiger partial charge in [0.15, 0.2) is 0 Å². The van der Waals surface area contributed by atoms with Crippen molar-refractivity contribution >= 4 is 22.9 Å². The van der Waals surface area contributed by atoms with E-state index in [1.807, 2.05) is 18.3 Å². The van der Waals surface area contributed by atoms with Crippen LogP contribution in [0.2, 0.25) is 0 Å². The number of carbonyl (C=O) groups is 1. The Morgan fingerprint density at radius 3 is 2.88 bits per heavy atom. The first-order valence-electron chi connectivity index (χ1n) is 8.33. The van der Waals surface area contributed by atoms with Gasteiger partial charge in [-0.2, -0.15) is 0 Å². The molecule has 4 N–H and O–H groups in total. The highest BCUT2D eigenvalue weighted by atomic mass is 19.1. The Morgan fingerprint density at radius 2 is 2.08 bits per heavy atom. The number of aromatic amines is 1. The molecule has 0 atom stereocenters. The molecule has 5 nitrogen and oxygen atoms in total. The maximum absolute atomic E-state index is 14.1. The van der Waals surface area contributed by atoms with Gasteiger partial charge in [-0.05, 0) is 47.7 Å². The van der Waals surface area contributed by atoms with Crippen molar-refractivity contribution in [1.82, 2.24) is 15.8 Å². The predicted octanol–water partition coefficient (Wildman–Crippen LogP) is 3.16. The normalized spacial score (nSPS) is 11.3. The molecule has 1 amide bonds. The molecule has 0 aliphatic rings. The number of nitrogens with one attached hydrogen (secondary N) is 3. The minimum atomic E-state index is -0.659. The molecule has 3 aromatic rings. The van der Waals surface area contributed by atoms with Crippen LogP contribution >= 0.6 is 0 Å². The molecule has 2 aromatic carbocycles. The first-order chi connectivity index (χ1) is 12.7. The second-order valence-corrected chi connectivity index (χ2v) is 5.95. The molecule has 0 unspecified atom stereocenters. The number of H-pyrrole nitrogens is 1. The second kappa shape index (κ2) is 8.42. The summed E-state index contributed by atoms with van der Waals surface area (Å²) in [6, 6.07) is 13.0. The van der Waals surface area contributed by atoms with Gasteiger partial charge in [0.2, 0.25) is 0 Å². The van der Waals surface area contributed by atoms with Crippen molar-refractivity contribution in [3.05, 3.63) is 77.2 Å². The van der Waals surface area contributed by atoms with Crippen LogP contribution in [0.5, 0.6) is 0 Å². The van der Waals surface area contributed by atoms with Crippen molar-refractivity contribution in [2.45, 2.75) is 13.0 Å². The molecule has 26 heavy (non-hydrogen) atoms. The van der Waals surface area contributed by atoms with Crippen LogP contribution in [0.3, 0.4) is 0 Å². The number of aromatic nitrogens is 1. The zero-order valence-corrected chi connectivity index (χ0v) is 14.1. The molecule has 0 radical (unpaired) electrons. The summed E-state index contributed by atoms with van der Waals surface area (Å²) in [5, 5.41) is 12.9. The summed E-state index contributed by atoms with van der Waals surface area (Å²) in [5.41, 5.74) is 4.97. The number of amides is 1. The zero-order chi connectivity index (χ0) is 18.4. The van der Waals surface area contributed by atoms with E-state index < -0.39 is 5.91 Å². The van der Waals surface area contributed by atoms with Gasteiger partial charge in [0.25, 0.3) is 5.91 Å². The lowest BCUT2D eigenvalue weighted by molar-refractivity contribution is -0.124. The van der Waals surface area contributed by atoms with Gasteiger partial charge in [0.1, 0.15) is 5.82 Å². The molecule has 0 aliphatic heterocycles. The molecule has 0 fully saturated rings. The standard InChI is InChI=1S/C20H20FN3O2/c21-18-12-14(5-7-19(25)24-26)4-6-17(18)13-22-10-8-15-2-1-3-16-9-11-23-20(15)16/h1-7,9,11-12,22-23,26H,8,10,13H2,(H,24,25)/b7-5+. The number of hydrogen-bond donors (Lipinski definition) is 4. The molecule has 0 saturated carbocycles. The molecule has 0 aliphatic carbocycles. The van der Waals surface area contributed by atoms with Gasteiger partial charge in [0.05, 0.1) is 0 Å². The fraction of sp³-hybridized carbons (Fsp3) is 0.150. The number of hydrogen-bond acceptors (Lipinski definition) is 3. The molecule has 1 heterocycles. The van der Waals surface area contributed by atoms with Crippen molar-refractivity contribution in [2.75, 3.05) is 6.54 Å². The monoisotopic (exact) mass is 353 g/mol. The molecule has 0 spiro atoms. The van der Waals surface area contributed by atoms with Gasteiger partial charge in [-0.1, -0.05) is 30.3 Å². The zero-order valence-electron chi connectivity index (χ0n) is 14.1. The Morgan fingerprint density at radius 1 is 1.19 bits per heavy atom. The quantitative estimate of drug-likeness (QED) is 0.228. The van der Waals surface area contributed by atoms with Crippen molar-refractivity contribution in [3.8, 4) is 0 Å². The fourth-order valence-corrected chi connectivity index (χ4v) is 2.82. The number of hydroxylamine groups is 1. The van der Waals surface area contributed by atoms with Crippen LogP contribution in [0, 0.1) is 5.82 Å². The van der Waals surface area contributed by atoms with E-state index in [0.717, 1.165) is 24.6 Å². The van der Waals surface area contributed by atoms with Gasteiger partial charge in [-0.25, -0.2) is 9.87 Å². The topological polar surface area (TPSA) is 77.2 Å². The van der Waals surface area contributed by atoms with E-state index in [-0.39, 0.29) is 5.82 Å². The van der Waals surface area contributed by atoms with Crippen molar-refractivity contribution in [2.24, 2.45) is 0 Å². The largest absolute Gasteiger partial charge is 0.361 e. The fourth-order valence-electron chi connectivity index (χ4n) is 2.82. The van der Waals surface area contributed by atoms with E-state index >= 15 is 0 Å². The maximum atomic E-state index is 14.1. The van der Waals surface area contributed by atoms with E-state index in [4.69, 9.17) is 5.21 Å². The summed E-state index contributed by atoms with van der Waals surface area (Å²) >= 11 is 0. The van der Waals surface area contributed by atoms with Crippen molar-refractivity contribution in [3.63, 3.8) is 0 Å². The molecule has 6 heteroatoms. The molecule has 0 bridgehead atoms. The highest BCUT2D eigenvalue weighted by Crippen LogP contribution is 2.17. The minimum Gasteiger partial charge on any atom is -0.361 e. The van der Waals surface area contributed by atoms with Crippen LogP contribution in [0.4, 0.5) is 4.39 Å². The summed E-state index contributed by atoms with van der Waals surface area (Å²) in [6.07, 6.45) is 5.34. The average Bonchev–Trinajstić information content (AvgIpc) is 3.14. The first-order valence-corrected chi connectivity index (χ1v) is 8.33. The van der Waals surface area contributed by atoms with Gasteiger partial charge in [-0.3, -0.25) is 10.0 Å². The highest BCUT2D eigenvalue weighted by Gasteiger charge is 2.04. The number of benzene rings is 2. The van der Waals surface area contributed by atoms with Crippen LogP contribution in [0.25, 0.3) is 17.0 Å². The van der Waals surface area contributed by atoms with Gasteiger partial charge < -0.3 is 10.3 Å². The number of carbonyl (C=O) groups excluding carboxylic acids is 1. The van der Waals surface area contributed by atoms with E-state index in [1.54, 1.807) is 12.1 Å². The summed E-state index contributed by atoms with van der Waals surface area (Å²) in [4.78, 5) is 14.2. The lowest BCUT2D eigenvalue weighted by Crippen LogP contribution is -2.17. The molecule has 134 valence electrons. The summed E-state index contributed by atoms with van der Waals surface area (Å²) in [6.45, 7) is 1.16. The molecule has 0 saturated heterocycles. The number of fused-ring (bicyclic) bond motifs is 1. The lowest BCUT2D eigenvalue weighted by atomic mass is 10.1. The van der Waals surface area contributed by atoms with Crippen molar-refractivity contribution < 1.29 is 14.4 Å².